The Hall–Kier alpha value is -3.53. The number of tetrazole rings is 1. The van der Waals surface area contributed by atoms with Gasteiger partial charge in [0, 0.05) is 7.05 Å². The van der Waals surface area contributed by atoms with Gasteiger partial charge in [0.05, 0.1) is 23.2 Å². The Morgan fingerprint density at radius 3 is 2.62 bits per heavy atom. The van der Waals surface area contributed by atoms with E-state index < -0.39 is 0 Å². The minimum absolute atomic E-state index is 0.0912. The van der Waals surface area contributed by atoms with Crippen LogP contribution in [-0.4, -0.2) is 39.4 Å². The van der Waals surface area contributed by atoms with Gasteiger partial charge in [0.15, 0.2) is 0 Å². The van der Waals surface area contributed by atoms with E-state index in [1.54, 1.807) is 11.7 Å². The largest absolute Gasteiger partial charge is 0.279 e. The third kappa shape index (κ3) is 3.07. The van der Waals surface area contributed by atoms with Crippen LogP contribution in [-0.2, 0) is 19.3 Å². The molecular formula is C19H16N8OS. The van der Waals surface area contributed by atoms with Gasteiger partial charge in [0.2, 0.25) is 10.9 Å². The minimum atomic E-state index is -0.0912. The summed E-state index contributed by atoms with van der Waals surface area (Å²) in [5.41, 5.74) is 1.82. The lowest BCUT2D eigenvalue weighted by atomic mass is 10.2. The number of fused-ring (bicyclic) bond motifs is 3. The van der Waals surface area contributed by atoms with Crippen LogP contribution in [0.5, 0.6) is 0 Å². The highest BCUT2D eigenvalue weighted by atomic mass is 32.2. The smallest absolute Gasteiger partial charge is 0.262 e. The molecule has 9 nitrogen and oxygen atoms in total. The van der Waals surface area contributed by atoms with Crippen molar-refractivity contribution in [3.05, 3.63) is 76.3 Å². The van der Waals surface area contributed by atoms with E-state index in [1.165, 1.54) is 16.3 Å². The van der Waals surface area contributed by atoms with Gasteiger partial charge in [-0.15, -0.1) is 15.3 Å². The zero-order valence-electron chi connectivity index (χ0n) is 15.5. The molecule has 0 aliphatic heterocycles. The molecule has 0 bridgehead atoms. The first-order valence-electron chi connectivity index (χ1n) is 8.97. The highest BCUT2D eigenvalue weighted by Gasteiger charge is 2.16. The summed E-state index contributed by atoms with van der Waals surface area (Å²) >= 11 is 1.48. The predicted molar refractivity (Wildman–Crippen MR) is 109 cm³/mol. The number of rotatable bonds is 5. The molecule has 144 valence electrons. The third-order valence-electron chi connectivity index (χ3n) is 4.70. The van der Waals surface area contributed by atoms with Crippen LogP contribution in [0.4, 0.5) is 0 Å². The molecule has 0 saturated heterocycles. The summed E-state index contributed by atoms with van der Waals surface area (Å²) in [5.74, 6) is 1.75. The van der Waals surface area contributed by atoms with Crippen LogP contribution in [0, 0.1) is 0 Å². The van der Waals surface area contributed by atoms with Crippen molar-refractivity contribution in [3.8, 4) is 0 Å². The number of thioether (sulfide) groups is 1. The molecule has 0 fully saturated rings. The second-order valence-corrected chi connectivity index (χ2v) is 7.47. The maximum atomic E-state index is 12.6. The number of aromatic nitrogens is 8. The second-order valence-electron chi connectivity index (χ2n) is 6.53. The van der Waals surface area contributed by atoms with Gasteiger partial charge in [0.1, 0.15) is 5.82 Å². The highest BCUT2D eigenvalue weighted by Crippen LogP contribution is 2.22. The highest BCUT2D eigenvalue weighted by molar-refractivity contribution is 7.98. The summed E-state index contributed by atoms with van der Waals surface area (Å²) in [4.78, 5) is 12.6. The lowest BCUT2D eigenvalue weighted by Crippen LogP contribution is -2.20. The van der Waals surface area contributed by atoms with E-state index in [4.69, 9.17) is 0 Å². The van der Waals surface area contributed by atoms with Crippen LogP contribution in [0.3, 0.4) is 0 Å². The van der Waals surface area contributed by atoms with Crippen molar-refractivity contribution >= 4 is 28.4 Å². The van der Waals surface area contributed by atoms with E-state index in [1.807, 2.05) is 59.0 Å². The number of nitrogens with zero attached hydrogens (tertiary/aromatic N) is 8. The van der Waals surface area contributed by atoms with Crippen molar-refractivity contribution in [1.82, 2.24) is 39.4 Å². The molecule has 3 heterocycles. The molecule has 0 saturated carbocycles. The second kappa shape index (κ2) is 7.13. The zero-order valence-corrected chi connectivity index (χ0v) is 16.3. The van der Waals surface area contributed by atoms with E-state index in [2.05, 4.69) is 25.7 Å². The quantitative estimate of drug-likeness (QED) is 0.413. The predicted octanol–water partition coefficient (Wildman–Crippen LogP) is 1.91. The first-order chi connectivity index (χ1) is 14.2. The monoisotopic (exact) mass is 404 g/mol. The fraction of sp³-hybridized carbons (Fsp3) is 0.158. The van der Waals surface area contributed by atoms with Crippen LogP contribution >= 0.6 is 11.8 Å². The van der Waals surface area contributed by atoms with Crippen LogP contribution in [0.2, 0.25) is 0 Å². The summed E-state index contributed by atoms with van der Waals surface area (Å²) in [7, 11) is 1.70. The Morgan fingerprint density at radius 2 is 1.76 bits per heavy atom. The molecule has 0 atom stereocenters. The van der Waals surface area contributed by atoms with Crippen molar-refractivity contribution in [1.29, 1.82) is 0 Å². The van der Waals surface area contributed by atoms with E-state index in [-0.39, 0.29) is 5.56 Å². The molecule has 0 spiro atoms. The molecule has 0 aliphatic carbocycles. The van der Waals surface area contributed by atoms with Crippen LogP contribution in [0.25, 0.3) is 16.7 Å². The standard InChI is InChI=1S/C19H16N8OS/c1-25-17(28)14-9-5-6-10-15(14)27-16(20-21-18(25)27)12-29-19-22-23-24-26(19)11-13-7-3-2-4-8-13/h2-10H,11-12H2,1H3. The summed E-state index contributed by atoms with van der Waals surface area (Å²) in [6.07, 6.45) is 0. The molecule has 10 heteroatoms. The van der Waals surface area contributed by atoms with Gasteiger partial charge in [0.25, 0.3) is 5.56 Å². The molecule has 0 N–H and O–H groups in total. The Kier molecular flexibility index (Phi) is 4.32. The zero-order chi connectivity index (χ0) is 19.8. The number of aryl methyl sites for hydroxylation is 1. The minimum Gasteiger partial charge on any atom is -0.279 e. The Morgan fingerprint density at radius 1 is 0.966 bits per heavy atom. The molecule has 5 aromatic rings. The average Bonchev–Trinajstić information content (AvgIpc) is 3.38. The van der Waals surface area contributed by atoms with Crippen molar-refractivity contribution in [2.75, 3.05) is 0 Å². The topological polar surface area (TPSA) is 95.8 Å². The van der Waals surface area contributed by atoms with Crippen molar-refractivity contribution in [2.24, 2.45) is 7.05 Å². The van der Waals surface area contributed by atoms with Crippen LogP contribution < -0.4 is 5.56 Å². The first-order valence-corrected chi connectivity index (χ1v) is 9.95. The summed E-state index contributed by atoms with van der Waals surface area (Å²) < 4.78 is 5.19. The number of benzene rings is 2. The molecule has 3 aromatic heterocycles. The van der Waals surface area contributed by atoms with E-state index in [9.17, 15) is 4.79 Å². The van der Waals surface area contributed by atoms with Crippen molar-refractivity contribution in [2.45, 2.75) is 17.5 Å². The lowest BCUT2D eigenvalue weighted by molar-refractivity contribution is 0.602. The molecule has 0 amide bonds. The van der Waals surface area contributed by atoms with E-state index >= 15 is 0 Å². The SMILES string of the molecule is Cn1c(=O)c2ccccc2n2c(CSc3nnnn3Cc3ccccc3)nnc12. The molecule has 0 aliphatic rings. The number of hydrogen-bond acceptors (Lipinski definition) is 7. The fourth-order valence-electron chi connectivity index (χ4n) is 3.27. The Balaban J connectivity index is 1.49. The van der Waals surface area contributed by atoms with Crippen molar-refractivity contribution in [3.63, 3.8) is 0 Å². The molecule has 2 aromatic carbocycles. The molecular weight excluding hydrogens is 388 g/mol. The molecule has 0 unspecified atom stereocenters. The lowest BCUT2D eigenvalue weighted by Gasteiger charge is -2.08. The number of para-hydroxylation sites is 1. The average molecular weight is 404 g/mol. The van der Waals surface area contributed by atoms with Gasteiger partial charge in [-0.25, -0.2) is 4.68 Å². The fourth-order valence-corrected chi connectivity index (χ4v) is 4.06. The molecule has 5 rings (SSSR count). The van der Waals surface area contributed by atoms with Gasteiger partial charge in [-0.1, -0.05) is 54.2 Å². The summed E-state index contributed by atoms with van der Waals surface area (Å²) in [6, 6.07) is 17.5. The summed E-state index contributed by atoms with van der Waals surface area (Å²) in [5, 5.41) is 21.9. The van der Waals surface area contributed by atoms with Gasteiger partial charge in [-0.2, -0.15) is 0 Å². The van der Waals surface area contributed by atoms with E-state index in [0.29, 0.717) is 28.6 Å². The first kappa shape index (κ1) is 17.6. The van der Waals surface area contributed by atoms with Gasteiger partial charge < -0.3 is 0 Å². The normalized spacial score (nSPS) is 11.5. The Labute approximate surface area is 169 Å². The van der Waals surface area contributed by atoms with Crippen molar-refractivity contribution < 1.29 is 0 Å². The maximum absolute atomic E-state index is 12.6. The summed E-state index contributed by atoms with van der Waals surface area (Å²) in [6.45, 7) is 0.591. The third-order valence-corrected chi connectivity index (χ3v) is 5.65. The van der Waals surface area contributed by atoms with Gasteiger partial charge >= 0.3 is 0 Å². The number of hydrogen-bond donors (Lipinski definition) is 0. The van der Waals surface area contributed by atoms with E-state index in [0.717, 1.165) is 16.9 Å². The Bertz CT molecular complexity index is 1370. The van der Waals surface area contributed by atoms with Gasteiger partial charge in [-0.05, 0) is 28.1 Å². The molecule has 29 heavy (non-hydrogen) atoms. The molecule has 0 radical (unpaired) electrons. The maximum Gasteiger partial charge on any atom is 0.262 e. The van der Waals surface area contributed by atoms with Crippen LogP contribution in [0.15, 0.2) is 64.5 Å². The van der Waals surface area contributed by atoms with Gasteiger partial charge in [-0.3, -0.25) is 13.8 Å². The van der Waals surface area contributed by atoms with Crippen LogP contribution in [0.1, 0.15) is 11.4 Å².